The predicted molar refractivity (Wildman–Crippen MR) is 146 cm³/mol. The molecule has 0 aliphatic carbocycles. The molecule has 3 aromatic rings. The number of halogens is 2. The van der Waals surface area contributed by atoms with Crippen molar-refractivity contribution in [3.8, 4) is 0 Å². The van der Waals surface area contributed by atoms with Gasteiger partial charge in [-0.15, -0.1) is 12.4 Å². The molecular weight excluding hydrogens is 527 g/mol. The lowest BCUT2D eigenvalue weighted by Gasteiger charge is -2.26. The second-order valence-corrected chi connectivity index (χ2v) is 12.2. The first-order valence-electron chi connectivity index (χ1n) is 11.3. The molecule has 190 valence electrons. The van der Waals surface area contributed by atoms with Gasteiger partial charge in [0.1, 0.15) is 0 Å². The number of aryl methyl sites for hydroxylation is 1. The van der Waals surface area contributed by atoms with Gasteiger partial charge in [-0.1, -0.05) is 29.4 Å². The second kappa shape index (κ2) is 11.5. The van der Waals surface area contributed by atoms with Crippen molar-refractivity contribution in [3.63, 3.8) is 0 Å². The van der Waals surface area contributed by atoms with Crippen molar-refractivity contribution in [2.24, 2.45) is 0 Å². The number of carbonyl (C=O) groups is 1. The number of hydrogen-bond acceptors (Lipinski definition) is 6. The molecule has 7 nitrogen and oxygen atoms in total. The Balaban J connectivity index is 0.00000342. The van der Waals surface area contributed by atoms with Crippen LogP contribution in [0.15, 0.2) is 41.3 Å². The summed E-state index contributed by atoms with van der Waals surface area (Å²) in [5.41, 5.74) is 2.21. The van der Waals surface area contributed by atoms with E-state index in [-0.39, 0.29) is 23.2 Å². The molecule has 0 radical (unpaired) electrons. The summed E-state index contributed by atoms with van der Waals surface area (Å²) in [4.78, 5) is 22.2. The normalized spacial score (nSPS) is 14.8. The molecule has 0 unspecified atom stereocenters. The quantitative estimate of drug-likeness (QED) is 0.406. The smallest absolute Gasteiger partial charge is 0.260 e. The number of anilines is 1. The molecule has 0 N–H and O–H groups in total. The van der Waals surface area contributed by atoms with Gasteiger partial charge in [-0.2, -0.15) is 4.31 Å². The number of amides is 1. The Morgan fingerprint density at radius 3 is 2.37 bits per heavy atom. The number of sulfonamides is 1. The van der Waals surface area contributed by atoms with E-state index >= 15 is 0 Å². The van der Waals surface area contributed by atoms with Gasteiger partial charge in [0.05, 0.1) is 15.1 Å². The van der Waals surface area contributed by atoms with Gasteiger partial charge in [0.25, 0.3) is 5.91 Å². The molecule has 0 bridgehead atoms. The first kappa shape index (κ1) is 27.8. The minimum absolute atomic E-state index is 0. The minimum Gasteiger partial charge on any atom is -0.308 e. The summed E-state index contributed by atoms with van der Waals surface area (Å²) in [7, 11) is 0.354. The zero-order valence-electron chi connectivity index (χ0n) is 20.0. The Kier molecular flexibility index (Phi) is 9.17. The Morgan fingerprint density at radius 2 is 1.74 bits per heavy atom. The third-order valence-corrected chi connectivity index (χ3v) is 9.10. The topological polar surface area (TPSA) is 73.8 Å². The molecule has 1 saturated heterocycles. The van der Waals surface area contributed by atoms with Crippen LogP contribution in [0.1, 0.15) is 35.2 Å². The fourth-order valence-electron chi connectivity index (χ4n) is 4.02. The molecule has 4 rings (SSSR count). The molecule has 1 fully saturated rings. The van der Waals surface area contributed by atoms with Gasteiger partial charge in [-0.3, -0.25) is 9.69 Å². The summed E-state index contributed by atoms with van der Waals surface area (Å²) in [6.45, 7) is 4.14. The van der Waals surface area contributed by atoms with Crippen molar-refractivity contribution in [1.29, 1.82) is 0 Å². The average Bonchev–Trinajstić information content (AvgIpc) is 3.23. The highest BCUT2D eigenvalue weighted by Crippen LogP contribution is 2.33. The largest absolute Gasteiger partial charge is 0.308 e. The zero-order valence-corrected chi connectivity index (χ0v) is 23.2. The number of hydrogen-bond donors (Lipinski definition) is 0. The van der Waals surface area contributed by atoms with Crippen LogP contribution < -0.4 is 4.90 Å². The van der Waals surface area contributed by atoms with Crippen LogP contribution in [0.3, 0.4) is 0 Å². The molecule has 1 aliphatic heterocycles. The molecule has 2 heterocycles. The fourth-order valence-corrected chi connectivity index (χ4v) is 6.98. The fraction of sp³-hybridized carbons (Fsp3) is 0.417. The van der Waals surface area contributed by atoms with E-state index in [4.69, 9.17) is 16.6 Å². The Bertz CT molecular complexity index is 1290. The summed E-state index contributed by atoms with van der Waals surface area (Å²) >= 11 is 7.64. The number of likely N-dealkylation sites (N-methyl/N-ethyl adjacent to an activating group) is 1. The molecule has 1 amide bonds. The van der Waals surface area contributed by atoms with E-state index in [2.05, 4.69) is 0 Å². The highest BCUT2D eigenvalue weighted by atomic mass is 35.5. The lowest BCUT2D eigenvalue weighted by molar-refractivity contribution is 0.0985. The number of thiazole rings is 1. The molecule has 1 aliphatic rings. The van der Waals surface area contributed by atoms with Gasteiger partial charge in [-0.25, -0.2) is 13.4 Å². The maximum absolute atomic E-state index is 13.5. The Labute approximate surface area is 222 Å². The average molecular weight is 558 g/mol. The number of fused-ring (bicyclic) bond motifs is 1. The third kappa shape index (κ3) is 6.15. The first-order chi connectivity index (χ1) is 16.2. The summed E-state index contributed by atoms with van der Waals surface area (Å²) in [5.74, 6) is -0.216. The van der Waals surface area contributed by atoms with Crippen molar-refractivity contribution in [2.75, 3.05) is 45.2 Å². The van der Waals surface area contributed by atoms with Gasteiger partial charge in [-0.05, 0) is 75.8 Å². The second-order valence-electron chi connectivity index (χ2n) is 8.82. The van der Waals surface area contributed by atoms with Gasteiger partial charge in [0.15, 0.2) is 5.13 Å². The summed E-state index contributed by atoms with van der Waals surface area (Å²) in [6.07, 6.45) is 2.81. The number of rotatable bonds is 7. The van der Waals surface area contributed by atoms with Gasteiger partial charge in [0, 0.05) is 36.8 Å². The summed E-state index contributed by atoms with van der Waals surface area (Å²) in [5, 5.41) is 1.23. The molecule has 2 aromatic carbocycles. The predicted octanol–water partition coefficient (Wildman–Crippen LogP) is 5.06. The van der Waals surface area contributed by atoms with E-state index in [9.17, 15) is 13.2 Å². The lowest BCUT2D eigenvalue weighted by atomic mass is 10.2. The zero-order chi connectivity index (χ0) is 24.5. The highest BCUT2D eigenvalue weighted by molar-refractivity contribution is 7.89. The minimum atomic E-state index is -3.55. The van der Waals surface area contributed by atoms with Crippen LogP contribution in [0.2, 0.25) is 5.02 Å². The molecule has 0 atom stereocenters. The number of aromatic nitrogens is 1. The van der Waals surface area contributed by atoms with E-state index in [0.717, 1.165) is 35.0 Å². The molecule has 35 heavy (non-hydrogen) atoms. The van der Waals surface area contributed by atoms with Crippen LogP contribution >= 0.6 is 35.3 Å². The monoisotopic (exact) mass is 556 g/mol. The highest BCUT2D eigenvalue weighted by Gasteiger charge is 2.27. The Hall–Kier alpha value is -1.75. The number of nitrogens with zero attached hydrogens (tertiary/aromatic N) is 4. The lowest BCUT2D eigenvalue weighted by Crippen LogP contribution is -2.37. The third-order valence-electron chi connectivity index (χ3n) is 5.94. The van der Waals surface area contributed by atoms with Crippen molar-refractivity contribution < 1.29 is 13.2 Å². The van der Waals surface area contributed by atoms with Crippen LogP contribution in [-0.2, 0) is 10.0 Å². The van der Waals surface area contributed by atoms with Gasteiger partial charge >= 0.3 is 0 Å². The molecule has 0 spiro atoms. The van der Waals surface area contributed by atoms with Crippen molar-refractivity contribution in [1.82, 2.24) is 14.2 Å². The summed E-state index contributed by atoms with van der Waals surface area (Å²) < 4.78 is 28.4. The van der Waals surface area contributed by atoms with Crippen molar-refractivity contribution >= 4 is 66.6 Å². The maximum atomic E-state index is 13.5. The molecule has 1 aromatic heterocycles. The van der Waals surface area contributed by atoms with E-state index in [1.54, 1.807) is 17.0 Å². The van der Waals surface area contributed by atoms with E-state index < -0.39 is 10.0 Å². The number of piperidine rings is 1. The van der Waals surface area contributed by atoms with E-state index in [0.29, 0.717) is 41.9 Å². The number of benzene rings is 2. The maximum Gasteiger partial charge on any atom is 0.260 e. The first-order valence-corrected chi connectivity index (χ1v) is 13.9. The van der Waals surface area contributed by atoms with Crippen LogP contribution in [-0.4, -0.2) is 68.8 Å². The van der Waals surface area contributed by atoms with Crippen LogP contribution in [0.5, 0.6) is 0 Å². The van der Waals surface area contributed by atoms with Crippen LogP contribution in [0.25, 0.3) is 10.2 Å². The SMILES string of the molecule is Cc1cc(Cl)cc2sc(N(CCN(C)C)C(=O)c3ccc(S(=O)(=O)N4CCCCC4)cc3)nc12.Cl. The number of carbonyl (C=O) groups excluding carboxylic acids is 1. The molecule has 11 heteroatoms. The van der Waals surface area contributed by atoms with Gasteiger partial charge < -0.3 is 4.90 Å². The van der Waals surface area contributed by atoms with Gasteiger partial charge in [0.2, 0.25) is 10.0 Å². The summed E-state index contributed by atoms with van der Waals surface area (Å²) in [6, 6.07) is 9.97. The van der Waals surface area contributed by atoms with E-state index in [1.807, 2.05) is 38.1 Å². The standard InChI is InChI=1S/C24H29ClN4O3S2.ClH/c1-17-15-19(25)16-21-22(17)26-24(33-21)29(14-13-27(2)3)23(30)18-7-9-20(10-8-18)34(31,32)28-11-5-4-6-12-28;/h7-10,15-16H,4-6,11-14H2,1-3H3;1H. The van der Waals surface area contributed by atoms with Crippen molar-refractivity contribution in [3.05, 3.63) is 52.5 Å². The van der Waals surface area contributed by atoms with Crippen molar-refractivity contribution in [2.45, 2.75) is 31.1 Å². The van der Waals surface area contributed by atoms with Crippen LogP contribution in [0.4, 0.5) is 5.13 Å². The van der Waals surface area contributed by atoms with Crippen LogP contribution in [0, 0.1) is 6.92 Å². The molecule has 0 saturated carbocycles. The Morgan fingerprint density at radius 1 is 1.09 bits per heavy atom. The molecular formula is C24H30Cl2N4O3S2. The van der Waals surface area contributed by atoms with E-state index in [1.165, 1.54) is 27.8 Å².